The molecule has 1 saturated carbocycles. The van der Waals surface area contributed by atoms with Crippen LogP contribution >= 0.6 is 0 Å². The molecule has 18 heavy (non-hydrogen) atoms. The van der Waals surface area contributed by atoms with Gasteiger partial charge in [0, 0.05) is 6.54 Å². The van der Waals surface area contributed by atoms with Crippen LogP contribution < -0.4 is 11.1 Å². The molecule has 0 unspecified atom stereocenters. The molecule has 0 radical (unpaired) electrons. The number of furan rings is 1. The molecule has 0 spiro atoms. The number of hydrogen-bond acceptors (Lipinski definition) is 3. The van der Waals surface area contributed by atoms with Crippen LogP contribution in [0.2, 0.25) is 0 Å². The standard InChI is InChI=1S/C14H22N2O2/c1-11-4-6-14(10-15,7-5-11)13(17)16-9-12-3-2-8-18-12/h2-3,8,11H,4-7,9-10,15H2,1H3,(H,16,17). The van der Waals surface area contributed by atoms with Crippen LogP contribution in [-0.4, -0.2) is 12.5 Å². The normalized spacial score (nSPS) is 28.0. The van der Waals surface area contributed by atoms with E-state index in [4.69, 9.17) is 10.2 Å². The van der Waals surface area contributed by atoms with Crippen molar-refractivity contribution in [1.29, 1.82) is 0 Å². The largest absolute Gasteiger partial charge is 0.467 e. The summed E-state index contributed by atoms with van der Waals surface area (Å²) < 4.78 is 5.21. The van der Waals surface area contributed by atoms with E-state index in [9.17, 15) is 4.79 Å². The SMILES string of the molecule is CC1CCC(CN)(C(=O)NCc2ccco2)CC1. The minimum absolute atomic E-state index is 0.0771. The fourth-order valence-corrected chi connectivity index (χ4v) is 2.61. The predicted octanol–water partition coefficient (Wildman–Crippen LogP) is 2.05. The van der Waals surface area contributed by atoms with Crippen LogP contribution in [0.25, 0.3) is 0 Å². The van der Waals surface area contributed by atoms with Gasteiger partial charge in [-0.05, 0) is 43.7 Å². The van der Waals surface area contributed by atoms with Crippen LogP contribution in [0.15, 0.2) is 22.8 Å². The van der Waals surface area contributed by atoms with Crippen LogP contribution in [0.5, 0.6) is 0 Å². The van der Waals surface area contributed by atoms with Gasteiger partial charge in [-0.1, -0.05) is 6.92 Å². The number of rotatable bonds is 4. The molecular weight excluding hydrogens is 228 g/mol. The van der Waals surface area contributed by atoms with Crippen LogP contribution in [-0.2, 0) is 11.3 Å². The van der Waals surface area contributed by atoms with E-state index in [1.807, 2.05) is 12.1 Å². The monoisotopic (exact) mass is 250 g/mol. The topological polar surface area (TPSA) is 68.3 Å². The number of carbonyl (C=O) groups is 1. The zero-order valence-electron chi connectivity index (χ0n) is 10.9. The molecule has 0 bridgehead atoms. The van der Waals surface area contributed by atoms with E-state index in [0.717, 1.165) is 31.4 Å². The number of hydrogen-bond donors (Lipinski definition) is 2. The van der Waals surface area contributed by atoms with Crippen molar-refractivity contribution in [2.75, 3.05) is 6.54 Å². The third kappa shape index (κ3) is 2.75. The van der Waals surface area contributed by atoms with E-state index < -0.39 is 0 Å². The summed E-state index contributed by atoms with van der Waals surface area (Å²) in [4.78, 5) is 12.3. The highest BCUT2D eigenvalue weighted by Crippen LogP contribution is 2.38. The van der Waals surface area contributed by atoms with Crippen molar-refractivity contribution < 1.29 is 9.21 Å². The summed E-state index contributed by atoms with van der Waals surface area (Å²) >= 11 is 0. The molecule has 0 atom stereocenters. The van der Waals surface area contributed by atoms with Gasteiger partial charge < -0.3 is 15.5 Å². The highest BCUT2D eigenvalue weighted by Gasteiger charge is 2.39. The summed E-state index contributed by atoms with van der Waals surface area (Å²) in [7, 11) is 0. The van der Waals surface area contributed by atoms with Crippen molar-refractivity contribution in [1.82, 2.24) is 5.32 Å². The molecule has 3 N–H and O–H groups in total. The third-order valence-corrected chi connectivity index (χ3v) is 4.11. The van der Waals surface area contributed by atoms with Gasteiger partial charge in [0.2, 0.25) is 5.91 Å². The van der Waals surface area contributed by atoms with Crippen LogP contribution in [0.4, 0.5) is 0 Å². The van der Waals surface area contributed by atoms with Crippen molar-refractivity contribution in [3.63, 3.8) is 0 Å². The summed E-state index contributed by atoms with van der Waals surface area (Å²) in [5.74, 6) is 1.57. The van der Waals surface area contributed by atoms with Gasteiger partial charge in [-0.25, -0.2) is 0 Å². The Balaban J connectivity index is 1.93. The predicted molar refractivity (Wildman–Crippen MR) is 69.7 cm³/mol. The van der Waals surface area contributed by atoms with Crippen molar-refractivity contribution in [2.24, 2.45) is 17.1 Å². The second kappa shape index (κ2) is 5.57. The zero-order chi connectivity index (χ0) is 13.0. The van der Waals surface area contributed by atoms with Crippen molar-refractivity contribution >= 4 is 5.91 Å². The average Bonchev–Trinajstić information content (AvgIpc) is 2.90. The summed E-state index contributed by atoms with van der Waals surface area (Å²) in [6.07, 6.45) is 5.59. The number of nitrogens with two attached hydrogens (primary N) is 1. The average molecular weight is 250 g/mol. The molecule has 1 aromatic heterocycles. The van der Waals surface area contributed by atoms with Crippen LogP contribution in [0.3, 0.4) is 0 Å². The Hall–Kier alpha value is -1.29. The Kier molecular flexibility index (Phi) is 4.07. The van der Waals surface area contributed by atoms with Crippen LogP contribution in [0.1, 0.15) is 38.4 Å². The summed E-state index contributed by atoms with van der Waals surface area (Å²) in [6.45, 7) is 3.12. The van der Waals surface area contributed by atoms with E-state index in [-0.39, 0.29) is 11.3 Å². The smallest absolute Gasteiger partial charge is 0.227 e. The molecule has 2 rings (SSSR count). The van der Waals surface area contributed by atoms with E-state index >= 15 is 0 Å². The molecule has 100 valence electrons. The second-order valence-corrected chi connectivity index (χ2v) is 5.43. The van der Waals surface area contributed by atoms with E-state index in [1.165, 1.54) is 0 Å². The van der Waals surface area contributed by atoms with Gasteiger partial charge in [0.25, 0.3) is 0 Å². The zero-order valence-corrected chi connectivity index (χ0v) is 10.9. The maximum absolute atomic E-state index is 12.3. The Morgan fingerprint density at radius 2 is 2.28 bits per heavy atom. The van der Waals surface area contributed by atoms with Crippen molar-refractivity contribution in [3.05, 3.63) is 24.2 Å². The molecule has 0 saturated heterocycles. The number of carbonyl (C=O) groups excluding carboxylic acids is 1. The number of amides is 1. The van der Waals surface area contributed by atoms with Gasteiger partial charge in [-0.3, -0.25) is 4.79 Å². The first-order valence-corrected chi connectivity index (χ1v) is 6.67. The maximum atomic E-state index is 12.3. The Morgan fingerprint density at radius 3 is 2.83 bits per heavy atom. The van der Waals surface area contributed by atoms with Gasteiger partial charge in [0.1, 0.15) is 5.76 Å². The van der Waals surface area contributed by atoms with E-state index in [1.54, 1.807) is 6.26 Å². The molecule has 4 nitrogen and oxygen atoms in total. The molecule has 1 amide bonds. The minimum Gasteiger partial charge on any atom is -0.467 e. The summed E-state index contributed by atoms with van der Waals surface area (Å²) in [5.41, 5.74) is 5.49. The van der Waals surface area contributed by atoms with Gasteiger partial charge in [0.15, 0.2) is 0 Å². The number of nitrogens with one attached hydrogen (secondary N) is 1. The first kappa shape index (κ1) is 13.1. The summed E-state index contributed by atoms with van der Waals surface area (Å²) in [6, 6.07) is 3.68. The molecule has 4 heteroatoms. The lowest BCUT2D eigenvalue weighted by atomic mass is 9.70. The first-order chi connectivity index (χ1) is 8.66. The summed E-state index contributed by atoms with van der Waals surface area (Å²) in [5, 5.41) is 2.95. The quantitative estimate of drug-likeness (QED) is 0.859. The second-order valence-electron chi connectivity index (χ2n) is 5.43. The van der Waals surface area contributed by atoms with E-state index in [0.29, 0.717) is 19.0 Å². The highest BCUT2D eigenvalue weighted by molar-refractivity contribution is 5.82. The molecule has 1 aliphatic carbocycles. The van der Waals surface area contributed by atoms with Gasteiger partial charge in [0.05, 0.1) is 18.2 Å². The molecular formula is C14H22N2O2. The van der Waals surface area contributed by atoms with Crippen molar-refractivity contribution in [3.8, 4) is 0 Å². The molecule has 0 aliphatic heterocycles. The van der Waals surface area contributed by atoms with Gasteiger partial charge in [-0.15, -0.1) is 0 Å². The molecule has 1 aliphatic rings. The highest BCUT2D eigenvalue weighted by atomic mass is 16.3. The lowest BCUT2D eigenvalue weighted by Gasteiger charge is -2.37. The van der Waals surface area contributed by atoms with Gasteiger partial charge >= 0.3 is 0 Å². The van der Waals surface area contributed by atoms with Gasteiger partial charge in [-0.2, -0.15) is 0 Å². The fraction of sp³-hybridized carbons (Fsp3) is 0.643. The minimum atomic E-state index is -0.362. The Morgan fingerprint density at radius 1 is 1.56 bits per heavy atom. The Bertz CT molecular complexity index is 379. The van der Waals surface area contributed by atoms with Crippen LogP contribution in [0, 0.1) is 11.3 Å². The maximum Gasteiger partial charge on any atom is 0.227 e. The molecule has 1 aromatic rings. The molecule has 0 aromatic carbocycles. The fourth-order valence-electron chi connectivity index (χ4n) is 2.61. The first-order valence-electron chi connectivity index (χ1n) is 6.67. The van der Waals surface area contributed by atoms with Crippen molar-refractivity contribution in [2.45, 2.75) is 39.2 Å². The lowest BCUT2D eigenvalue weighted by Crippen LogP contribution is -2.47. The van der Waals surface area contributed by atoms with E-state index in [2.05, 4.69) is 12.2 Å². The lowest BCUT2D eigenvalue weighted by molar-refractivity contribution is -0.133. The third-order valence-electron chi connectivity index (χ3n) is 4.11. The molecule has 1 fully saturated rings. The Labute approximate surface area is 108 Å². The molecule has 1 heterocycles.